The molecule has 8 nitrogen and oxygen atoms in total. The van der Waals surface area contributed by atoms with E-state index in [1.165, 1.54) is 0 Å². The molecule has 0 saturated carbocycles. The highest BCUT2D eigenvalue weighted by atomic mass is 19.3. The predicted molar refractivity (Wildman–Crippen MR) is 157 cm³/mol. The number of H-pyrrole nitrogens is 1. The number of hydrogen-bond donors (Lipinski definition) is 3. The molecule has 2 aliphatic rings. The van der Waals surface area contributed by atoms with Gasteiger partial charge in [0, 0.05) is 79.8 Å². The van der Waals surface area contributed by atoms with Crippen LogP contribution in [0.1, 0.15) is 59.8 Å². The summed E-state index contributed by atoms with van der Waals surface area (Å²) >= 11 is 0. The number of anilines is 1. The second kappa shape index (κ2) is 14.1. The van der Waals surface area contributed by atoms with E-state index < -0.39 is 12.4 Å². The molecule has 2 saturated heterocycles. The van der Waals surface area contributed by atoms with Crippen molar-refractivity contribution in [3.8, 4) is 5.75 Å². The van der Waals surface area contributed by atoms with Crippen LogP contribution in [0.5, 0.6) is 5.75 Å². The number of ether oxygens (including phenoxy) is 2. The van der Waals surface area contributed by atoms with Crippen LogP contribution in [0, 0.1) is 6.92 Å². The van der Waals surface area contributed by atoms with Gasteiger partial charge in [-0.2, -0.15) is 0 Å². The minimum absolute atomic E-state index is 0.114. The van der Waals surface area contributed by atoms with Crippen LogP contribution in [-0.4, -0.2) is 84.8 Å². The maximum Gasteiger partial charge on any atom is 0.337 e. The van der Waals surface area contributed by atoms with Crippen molar-refractivity contribution in [1.29, 1.82) is 0 Å². The lowest BCUT2D eigenvalue weighted by Crippen LogP contribution is -2.49. The van der Waals surface area contributed by atoms with Gasteiger partial charge in [0.15, 0.2) is 0 Å². The third kappa shape index (κ3) is 7.17. The van der Waals surface area contributed by atoms with Crippen molar-refractivity contribution in [3.05, 3.63) is 58.8 Å². The van der Waals surface area contributed by atoms with Gasteiger partial charge in [-0.05, 0) is 55.2 Å². The van der Waals surface area contributed by atoms with E-state index in [4.69, 9.17) is 9.47 Å². The van der Waals surface area contributed by atoms with Gasteiger partial charge in [0.1, 0.15) is 5.75 Å². The lowest BCUT2D eigenvalue weighted by atomic mass is 9.97. The summed E-state index contributed by atoms with van der Waals surface area (Å²) in [6.45, 7) is 9.09. The van der Waals surface area contributed by atoms with E-state index in [9.17, 15) is 18.7 Å². The Hall–Kier alpha value is -3.21. The molecule has 5 rings (SSSR count). The van der Waals surface area contributed by atoms with E-state index in [1.54, 1.807) is 18.1 Å². The van der Waals surface area contributed by atoms with E-state index >= 15 is 0 Å². The third-order valence-electron chi connectivity index (χ3n) is 7.90. The van der Waals surface area contributed by atoms with E-state index in [2.05, 4.69) is 15.2 Å². The average Bonchev–Trinajstić information content (AvgIpc) is 3.47. The number of fused-ring (bicyclic) bond motifs is 1. The van der Waals surface area contributed by atoms with Gasteiger partial charge < -0.3 is 24.9 Å². The number of benzene rings is 2. The summed E-state index contributed by atoms with van der Waals surface area (Å²) in [5, 5.41) is 14.4. The van der Waals surface area contributed by atoms with Gasteiger partial charge in [-0.15, -0.1) is 0 Å². The molecular weight excluding hydrogens is 530 g/mol. The number of nitrogens with one attached hydrogen (secondary N) is 2. The van der Waals surface area contributed by atoms with Gasteiger partial charge in [0.05, 0.1) is 19.2 Å². The van der Waals surface area contributed by atoms with Crippen LogP contribution in [0.25, 0.3) is 10.9 Å². The van der Waals surface area contributed by atoms with Crippen molar-refractivity contribution in [2.75, 3.05) is 51.8 Å². The molecule has 2 aromatic carbocycles. The number of piperazine rings is 1. The summed E-state index contributed by atoms with van der Waals surface area (Å²) in [4.78, 5) is 19.4. The molecule has 1 atom stereocenters. The lowest BCUT2D eigenvalue weighted by molar-refractivity contribution is 0.0246. The summed E-state index contributed by atoms with van der Waals surface area (Å²) in [6.07, 6.45) is 1.08. The Labute approximate surface area is 240 Å². The Morgan fingerprint density at radius 3 is 2.63 bits per heavy atom. The number of aryl methyl sites for hydroxylation is 1. The molecule has 1 aromatic heterocycles. The Morgan fingerprint density at radius 2 is 1.95 bits per heavy atom. The minimum atomic E-state index is -2.42. The SMILES string of the molecule is CC.COc1cc(C)c2[nH]ccc2c1CN1CCN(CC(F)F)CC1c1ccc(C(=O)O)c(NC2CCOCC2)c1. The Morgan fingerprint density at radius 1 is 1.20 bits per heavy atom. The summed E-state index contributed by atoms with van der Waals surface area (Å²) in [7, 11) is 1.66. The van der Waals surface area contributed by atoms with Crippen molar-refractivity contribution in [3.63, 3.8) is 0 Å². The van der Waals surface area contributed by atoms with Crippen LogP contribution < -0.4 is 10.1 Å². The average molecular weight is 573 g/mol. The number of hydrogen-bond acceptors (Lipinski definition) is 6. The molecule has 0 amide bonds. The number of alkyl halides is 2. The number of aromatic nitrogens is 1. The fourth-order valence-electron chi connectivity index (χ4n) is 5.86. The molecule has 10 heteroatoms. The molecule has 0 radical (unpaired) electrons. The van der Waals surface area contributed by atoms with Crippen LogP contribution in [0.3, 0.4) is 0 Å². The quantitative estimate of drug-likeness (QED) is 0.293. The molecule has 224 valence electrons. The number of carboxylic acid groups (broad SMARTS) is 1. The zero-order valence-electron chi connectivity index (χ0n) is 24.4. The zero-order chi connectivity index (χ0) is 29.5. The molecule has 2 fully saturated rings. The first kappa shape index (κ1) is 30.7. The van der Waals surface area contributed by atoms with Gasteiger partial charge in [-0.25, -0.2) is 13.6 Å². The van der Waals surface area contributed by atoms with Gasteiger partial charge in [-0.1, -0.05) is 19.9 Å². The maximum absolute atomic E-state index is 13.4. The third-order valence-corrected chi connectivity index (χ3v) is 7.90. The van der Waals surface area contributed by atoms with Crippen LogP contribution in [0.4, 0.5) is 14.5 Å². The Kier molecular flexibility index (Phi) is 10.6. The number of carbonyl (C=O) groups is 1. The number of rotatable bonds is 9. The van der Waals surface area contributed by atoms with Gasteiger partial charge >= 0.3 is 5.97 Å². The molecule has 3 heterocycles. The van der Waals surface area contributed by atoms with Crippen molar-refractivity contribution >= 4 is 22.6 Å². The Bertz CT molecular complexity index is 1310. The molecule has 41 heavy (non-hydrogen) atoms. The largest absolute Gasteiger partial charge is 0.496 e. The number of nitrogens with zero attached hydrogens (tertiary/aromatic N) is 2. The normalized spacial score (nSPS) is 18.8. The molecule has 0 bridgehead atoms. The first-order chi connectivity index (χ1) is 19.8. The predicted octanol–water partition coefficient (Wildman–Crippen LogP) is 5.92. The second-order valence-corrected chi connectivity index (χ2v) is 10.4. The van der Waals surface area contributed by atoms with Gasteiger partial charge in [0.2, 0.25) is 0 Å². The molecule has 3 N–H and O–H groups in total. The van der Waals surface area contributed by atoms with Crippen molar-refractivity contribution in [2.45, 2.75) is 58.7 Å². The van der Waals surface area contributed by atoms with Crippen LogP contribution in [0.15, 0.2) is 36.5 Å². The van der Waals surface area contributed by atoms with Crippen LogP contribution in [0.2, 0.25) is 0 Å². The van der Waals surface area contributed by atoms with Gasteiger partial charge in [0.25, 0.3) is 6.43 Å². The smallest absolute Gasteiger partial charge is 0.337 e. The molecule has 2 aliphatic heterocycles. The fraction of sp³-hybridized carbons (Fsp3) is 0.516. The highest BCUT2D eigenvalue weighted by Gasteiger charge is 2.32. The van der Waals surface area contributed by atoms with E-state index in [0.29, 0.717) is 45.1 Å². The summed E-state index contributed by atoms with van der Waals surface area (Å²) in [5.41, 5.74) is 4.82. The Balaban J connectivity index is 0.00000189. The summed E-state index contributed by atoms with van der Waals surface area (Å²) < 4.78 is 38.0. The first-order valence-corrected chi connectivity index (χ1v) is 14.4. The monoisotopic (exact) mass is 572 g/mol. The van der Waals surface area contributed by atoms with Crippen molar-refractivity contribution in [2.24, 2.45) is 0 Å². The molecule has 0 aliphatic carbocycles. The van der Waals surface area contributed by atoms with E-state index in [1.807, 2.05) is 51.2 Å². The molecule has 1 unspecified atom stereocenters. The highest BCUT2D eigenvalue weighted by molar-refractivity contribution is 5.94. The van der Waals surface area contributed by atoms with E-state index in [0.717, 1.165) is 46.2 Å². The second-order valence-electron chi connectivity index (χ2n) is 10.4. The fourth-order valence-corrected chi connectivity index (χ4v) is 5.86. The summed E-state index contributed by atoms with van der Waals surface area (Å²) in [6, 6.07) is 9.30. The standard InChI is InChI=1S/C29H36F2N4O4.C2H6/c1-18-13-26(38-2)23(21-5-8-32-28(18)21)15-35-10-9-34(17-27(30)31)16-25(35)19-3-4-22(29(36)37)24(14-19)33-20-6-11-39-12-7-20;1-2/h3-5,8,13-14,20,25,27,32-33H,6-7,9-12,15-17H2,1-2H3,(H,36,37);1-2H3. The minimum Gasteiger partial charge on any atom is -0.496 e. The summed E-state index contributed by atoms with van der Waals surface area (Å²) in [5.74, 6) is -0.216. The molecule has 0 spiro atoms. The van der Waals surface area contributed by atoms with Gasteiger partial charge in [-0.3, -0.25) is 9.80 Å². The maximum atomic E-state index is 13.4. The van der Waals surface area contributed by atoms with Crippen molar-refractivity contribution < 1.29 is 28.2 Å². The zero-order valence-corrected chi connectivity index (χ0v) is 24.4. The number of carboxylic acids is 1. The number of aromatic carboxylic acids is 1. The van der Waals surface area contributed by atoms with Crippen LogP contribution in [-0.2, 0) is 11.3 Å². The molecular formula is C31H42F2N4O4. The van der Waals surface area contributed by atoms with E-state index in [-0.39, 0.29) is 24.2 Å². The first-order valence-electron chi connectivity index (χ1n) is 14.4. The number of aromatic amines is 1. The number of methoxy groups -OCH3 is 1. The van der Waals surface area contributed by atoms with Crippen LogP contribution >= 0.6 is 0 Å². The van der Waals surface area contributed by atoms with Crippen molar-refractivity contribution in [1.82, 2.24) is 14.8 Å². The number of halogens is 2. The lowest BCUT2D eigenvalue weighted by Gasteiger charge is -2.42. The topological polar surface area (TPSA) is 90.1 Å². The highest BCUT2D eigenvalue weighted by Crippen LogP contribution is 2.36. The molecule has 3 aromatic rings.